The maximum Gasteiger partial charge on any atom is 0.273 e. The van der Waals surface area contributed by atoms with Crippen molar-refractivity contribution in [3.63, 3.8) is 0 Å². The molecule has 202 valence electrons. The number of nitrogens with zero attached hydrogens (tertiary/aromatic N) is 4. The van der Waals surface area contributed by atoms with Gasteiger partial charge in [-0.1, -0.05) is 24.3 Å². The van der Waals surface area contributed by atoms with E-state index in [1.165, 1.54) is 0 Å². The third kappa shape index (κ3) is 5.02. The Morgan fingerprint density at radius 2 is 1.33 bits per heavy atom. The van der Waals surface area contributed by atoms with Gasteiger partial charge in [-0.25, -0.2) is 0 Å². The summed E-state index contributed by atoms with van der Waals surface area (Å²) in [6.45, 7) is 3.07. The van der Waals surface area contributed by atoms with Gasteiger partial charge in [0.15, 0.2) is 0 Å². The first-order valence-corrected chi connectivity index (χ1v) is 13.6. The molecule has 39 heavy (non-hydrogen) atoms. The van der Waals surface area contributed by atoms with Gasteiger partial charge < -0.3 is 25.2 Å². The van der Waals surface area contributed by atoms with Crippen molar-refractivity contribution < 1.29 is 19.5 Å². The first-order valence-electron chi connectivity index (χ1n) is 13.6. The summed E-state index contributed by atoms with van der Waals surface area (Å²) in [5.41, 5.74) is 5.93. The smallest absolute Gasteiger partial charge is 0.273 e. The number of likely N-dealkylation sites (tertiary alicyclic amines) is 2. The van der Waals surface area contributed by atoms with Crippen molar-refractivity contribution in [2.45, 2.75) is 31.3 Å². The number of aromatic nitrogens is 1. The Kier molecular flexibility index (Phi) is 6.60. The fraction of sp³-hybridized carbons (Fsp3) is 0.367. The van der Waals surface area contributed by atoms with Gasteiger partial charge in [0.05, 0.1) is 12.1 Å². The van der Waals surface area contributed by atoms with Crippen LogP contribution in [0.25, 0.3) is 11.1 Å². The minimum Gasteiger partial charge on any atom is -0.388 e. The number of rotatable bonds is 5. The number of amides is 3. The fourth-order valence-corrected chi connectivity index (χ4v) is 5.75. The van der Waals surface area contributed by atoms with E-state index in [0.717, 1.165) is 37.1 Å². The highest BCUT2D eigenvalue weighted by Gasteiger charge is 2.38. The van der Waals surface area contributed by atoms with Crippen LogP contribution in [0.4, 0.5) is 0 Å². The molecular formula is C30H33N5O4. The van der Waals surface area contributed by atoms with E-state index in [0.29, 0.717) is 49.4 Å². The first kappa shape index (κ1) is 25.2. The van der Waals surface area contributed by atoms with Crippen LogP contribution >= 0.6 is 0 Å². The molecule has 0 atom stereocenters. The lowest BCUT2D eigenvalue weighted by atomic mass is 9.90. The number of β-amino-alcohol motifs (C(OH)–C–C–N with tert-alkyl or cyclic N) is 1. The second kappa shape index (κ2) is 10.2. The molecule has 4 heterocycles. The second-order valence-electron chi connectivity index (χ2n) is 10.8. The standard InChI is InChI=1S/C30H33N5O4/c36-27(32-15-1-2-16-32)24-9-5-22(6-10-24)23-7-11-25(12-8-23)28(37)33-18-13-30(39,14-19-33)20-34-21-31-35-17-3-4-26(35)29(34)38/h3-12,17,31,39H,1-2,13-16,18-21H2. The van der Waals surface area contributed by atoms with Gasteiger partial charge in [-0.2, -0.15) is 0 Å². The Morgan fingerprint density at radius 3 is 1.90 bits per heavy atom. The highest BCUT2D eigenvalue weighted by atomic mass is 16.3. The lowest BCUT2D eigenvalue weighted by Crippen LogP contribution is -2.56. The molecule has 0 unspecified atom stereocenters. The molecule has 2 fully saturated rings. The number of piperidine rings is 1. The van der Waals surface area contributed by atoms with Gasteiger partial charge in [0.2, 0.25) is 0 Å². The number of hydrogen-bond acceptors (Lipinski definition) is 5. The van der Waals surface area contributed by atoms with Crippen LogP contribution < -0.4 is 5.43 Å². The van der Waals surface area contributed by atoms with E-state index in [1.807, 2.05) is 59.5 Å². The number of carbonyl (C=O) groups is 3. The Labute approximate surface area is 227 Å². The Morgan fingerprint density at radius 1 is 0.795 bits per heavy atom. The van der Waals surface area contributed by atoms with Gasteiger partial charge in [-0.15, -0.1) is 0 Å². The van der Waals surface area contributed by atoms with E-state index in [1.54, 1.807) is 26.7 Å². The van der Waals surface area contributed by atoms with Gasteiger partial charge in [0.25, 0.3) is 17.7 Å². The topological polar surface area (TPSA) is 98.1 Å². The summed E-state index contributed by atoms with van der Waals surface area (Å²) in [7, 11) is 0. The van der Waals surface area contributed by atoms with Crippen molar-refractivity contribution in [1.82, 2.24) is 19.4 Å². The molecule has 0 aliphatic carbocycles. The molecule has 9 nitrogen and oxygen atoms in total. The predicted octanol–water partition coefficient (Wildman–Crippen LogP) is 3.02. The lowest BCUT2D eigenvalue weighted by molar-refractivity contribution is -0.0369. The maximum atomic E-state index is 13.2. The lowest BCUT2D eigenvalue weighted by Gasteiger charge is -2.42. The predicted molar refractivity (Wildman–Crippen MR) is 147 cm³/mol. The number of benzene rings is 2. The summed E-state index contributed by atoms with van der Waals surface area (Å²) in [6.07, 6.45) is 4.75. The van der Waals surface area contributed by atoms with E-state index in [-0.39, 0.29) is 24.3 Å². The van der Waals surface area contributed by atoms with Crippen molar-refractivity contribution in [1.29, 1.82) is 0 Å². The van der Waals surface area contributed by atoms with Gasteiger partial charge in [0, 0.05) is 43.5 Å². The Balaban J connectivity index is 1.04. The second-order valence-corrected chi connectivity index (χ2v) is 10.8. The molecular weight excluding hydrogens is 494 g/mol. The number of hydrogen-bond donors (Lipinski definition) is 2. The van der Waals surface area contributed by atoms with Crippen molar-refractivity contribution >= 4 is 17.7 Å². The zero-order valence-electron chi connectivity index (χ0n) is 21.9. The number of carbonyl (C=O) groups excluding carboxylic acids is 3. The summed E-state index contributed by atoms with van der Waals surface area (Å²) in [6, 6.07) is 18.7. The van der Waals surface area contributed by atoms with E-state index >= 15 is 0 Å². The monoisotopic (exact) mass is 527 g/mol. The molecule has 0 bridgehead atoms. The molecule has 3 amide bonds. The Hall–Kier alpha value is -4.11. The molecule has 3 aromatic rings. The first-order chi connectivity index (χ1) is 18.9. The van der Waals surface area contributed by atoms with Crippen LogP contribution in [0.1, 0.15) is 56.9 Å². The summed E-state index contributed by atoms with van der Waals surface area (Å²) < 4.78 is 1.70. The minimum atomic E-state index is -1.03. The van der Waals surface area contributed by atoms with Crippen molar-refractivity contribution in [2.24, 2.45) is 0 Å². The molecule has 9 heteroatoms. The quantitative estimate of drug-likeness (QED) is 0.532. The molecule has 2 N–H and O–H groups in total. The molecule has 3 aliphatic heterocycles. The molecule has 2 saturated heterocycles. The SMILES string of the molecule is O=C(c1ccc(-c2ccc(C(=O)N3CCC(O)(CN4CNn5cccc5C4=O)CC3)cc2)cc1)N1CCCC1. The van der Waals surface area contributed by atoms with E-state index in [2.05, 4.69) is 5.43 Å². The van der Waals surface area contributed by atoms with Gasteiger partial charge in [0.1, 0.15) is 12.4 Å². The largest absolute Gasteiger partial charge is 0.388 e. The van der Waals surface area contributed by atoms with Crippen LogP contribution in [-0.4, -0.2) is 87.2 Å². The number of nitrogens with one attached hydrogen (secondary N) is 1. The van der Waals surface area contributed by atoms with Crippen LogP contribution in [0.5, 0.6) is 0 Å². The summed E-state index contributed by atoms with van der Waals surface area (Å²) in [5.74, 6) is -0.0925. The zero-order valence-corrected chi connectivity index (χ0v) is 21.9. The third-order valence-corrected chi connectivity index (χ3v) is 8.14. The van der Waals surface area contributed by atoms with Crippen molar-refractivity contribution in [3.8, 4) is 11.1 Å². The summed E-state index contributed by atoms with van der Waals surface area (Å²) in [4.78, 5) is 43.8. The summed E-state index contributed by atoms with van der Waals surface area (Å²) >= 11 is 0. The van der Waals surface area contributed by atoms with Crippen LogP contribution in [0, 0.1) is 0 Å². The Bertz CT molecular complexity index is 1370. The van der Waals surface area contributed by atoms with Crippen molar-refractivity contribution in [2.75, 3.05) is 44.8 Å². The molecule has 1 aromatic heterocycles. The van der Waals surface area contributed by atoms with E-state index in [4.69, 9.17) is 0 Å². The average Bonchev–Trinajstić information content (AvgIpc) is 3.68. The summed E-state index contributed by atoms with van der Waals surface area (Å²) in [5, 5.41) is 11.2. The normalized spacial score (nSPS) is 18.6. The molecule has 0 spiro atoms. The highest BCUT2D eigenvalue weighted by molar-refractivity contribution is 5.96. The van der Waals surface area contributed by atoms with E-state index < -0.39 is 5.60 Å². The molecule has 0 radical (unpaired) electrons. The van der Waals surface area contributed by atoms with Crippen LogP contribution in [0.3, 0.4) is 0 Å². The van der Waals surface area contributed by atoms with Crippen LogP contribution in [-0.2, 0) is 0 Å². The molecule has 3 aliphatic rings. The van der Waals surface area contributed by atoms with Crippen LogP contribution in [0.15, 0.2) is 66.9 Å². The average molecular weight is 528 g/mol. The van der Waals surface area contributed by atoms with Gasteiger partial charge in [-0.05, 0) is 73.2 Å². The third-order valence-electron chi connectivity index (χ3n) is 8.14. The maximum absolute atomic E-state index is 13.2. The number of fused-ring (bicyclic) bond motifs is 1. The zero-order chi connectivity index (χ0) is 27.0. The molecule has 6 rings (SSSR count). The van der Waals surface area contributed by atoms with Gasteiger partial charge >= 0.3 is 0 Å². The number of aliphatic hydroxyl groups is 1. The molecule has 0 saturated carbocycles. The highest BCUT2D eigenvalue weighted by Crippen LogP contribution is 2.27. The van der Waals surface area contributed by atoms with E-state index in [9.17, 15) is 19.5 Å². The van der Waals surface area contributed by atoms with Crippen LogP contribution in [0.2, 0.25) is 0 Å². The van der Waals surface area contributed by atoms with Crippen molar-refractivity contribution in [3.05, 3.63) is 83.7 Å². The minimum absolute atomic E-state index is 0.0660. The fourth-order valence-electron chi connectivity index (χ4n) is 5.75. The van der Waals surface area contributed by atoms with Gasteiger partial charge in [-0.3, -0.25) is 19.1 Å². The molecule has 2 aromatic carbocycles.